The molecule has 112 valence electrons. The molecule has 0 N–H and O–H groups in total. The van der Waals surface area contributed by atoms with Crippen LogP contribution in [-0.2, 0) is 16.1 Å². The highest BCUT2D eigenvalue weighted by Gasteiger charge is 2.18. The van der Waals surface area contributed by atoms with E-state index in [9.17, 15) is 9.59 Å². The minimum Gasteiger partial charge on any atom is -0.459 e. The molecule has 0 aliphatic carbocycles. The maximum Gasteiger partial charge on any atom is 0.326 e. The third-order valence-corrected chi connectivity index (χ3v) is 3.45. The zero-order chi connectivity index (χ0) is 15.8. The minimum atomic E-state index is -0.594. The zero-order valence-corrected chi connectivity index (χ0v) is 13.9. The minimum absolute atomic E-state index is 0.188. The summed E-state index contributed by atoms with van der Waals surface area (Å²) in [7, 11) is 0. The van der Waals surface area contributed by atoms with Gasteiger partial charge in [0.15, 0.2) is 5.52 Å². The number of fused-ring (bicyclic) bond motifs is 1. The quantitative estimate of drug-likeness (QED) is 0.611. The Hall–Kier alpha value is -1.76. The van der Waals surface area contributed by atoms with Crippen LogP contribution in [0.2, 0.25) is 0 Å². The first kappa shape index (κ1) is 15.6. The number of ether oxygens (including phenoxy) is 1. The van der Waals surface area contributed by atoms with Crippen LogP contribution in [0.5, 0.6) is 0 Å². The fourth-order valence-corrected chi connectivity index (χ4v) is 2.07. The molecule has 0 radical (unpaired) electrons. The summed E-state index contributed by atoms with van der Waals surface area (Å²) in [6, 6.07) is 1.77. The Morgan fingerprint density at radius 3 is 2.71 bits per heavy atom. The lowest BCUT2D eigenvalue weighted by atomic mass is 10.2. The maximum atomic E-state index is 12.3. The van der Waals surface area contributed by atoms with Gasteiger partial charge in [0.1, 0.15) is 16.7 Å². The molecule has 0 saturated carbocycles. The molecule has 2 heterocycles. The number of pyridine rings is 1. The van der Waals surface area contributed by atoms with Crippen molar-refractivity contribution >= 4 is 32.9 Å². The lowest BCUT2D eigenvalue weighted by molar-refractivity contribution is -0.155. The van der Waals surface area contributed by atoms with Crippen LogP contribution in [0.15, 0.2) is 21.8 Å². The van der Waals surface area contributed by atoms with Crippen molar-refractivity contribution in [1.82, 2.24) is 14.5 Å². The first-order valence-electron chi connectivity index (χ1n) is 6.41. The fraction of sp³-hybridized carbons (Fsp3) is 0.429. The van der Waals surface area contributed by atoms with E-state index in [1.54, 1.807) is 26.8 Å². The molecule has 0 fully saturated rings. The fourth-order valence-electron chi connectivity index (χ4n) is 1.78. The number of esters is 1. The summed E-state index contributed by atoms with van der Waals surface area (Å²) >= 11 is 3.29. The van der Waals surface area contributed by atoms with E-state index in [0.29, 0.717) is 10.1 Å². The van der Waals surface area contributed by atoms with E-state index in [0.717, 1.165) is 5.56 Å². The second kappa shape index (κ2) is 5.55. The number of carbonyl (C=O) groups is 1. The summed E-state index contributed by atoms with van der Waals surface area (Å²) in [5.41, 5.74) is 0.647. The van der Waals surface area contributed by atoms with E-state index in [-0.39, 0.29) is 17.6 Å². The second-order valence-corrected chi connectivity index (χ2v) is 6.48. The van der Waals surface area contributed by atoms with Crippen molar-refractivity contribution in [3.05, 3.63) is 32.9 Å². The van der Waals surface area contributed by atoms with Gasteiger partial charge in [-0.05, 0) is 55.3 Å². The summed E-state index contributed by atoms with van der Waals surface area (Å²) in [5, 5.41) is 0. The van der Waals surface area contributed by atoms with Gasteiger partial charge in [0, 0.05) is 0 Å². The third-order valence-electron chi connectivity index (χ3n) is 2.65. The van der Waals surface area contributed by atoms with Crippen molar-refractivity contribution in [2.24, 2.45) is 0 Å². The van der Waals surface area contributed by atoms with Crippen LogP contribution in [0.1, 0.15) is 26.3 Å². The molecule has 2 aromatic heterocycles. The summed E-state index contributed by atoms with van der Waals surface area (Å²) in [5.74, 6) is -0.489. The predicted octanol–water partition coefficient (Wildman–Crippen LogP) is 2.20. The molecule has 0 aliphatic heterocycles. The Morgan fingerprint density at radius 2 is 2.10 bits per heavy atom. The summed E-state index contributed by atoms with van der Waals surface area (Å²) in [4.78, 5) is 32.5. The normalized spacial score (nSPS) is 11.7. The van der Waals surface area contributed by atoms with Crippen molar-refractivity contribution in [2.45, 2.75) is 39.8 Å². The average Bonchev–Trinajstić information content (AvgIpc) is 2.33. The van der Waals surface area contributed by atoms with Gasteiger partial charge < -0.3 is 4.74 Å². The number of hydrogen-bond donors (Lipinski definition) is 0. The lowest BCUT2D eigenvalue weighted by Gasteiger charge is -2.19. The smallest absolute Gasteiger partial charge is 0.326 e. The van der Waals surface area contributed by atoms with Crippen molar-refractivity contribution in [1.29, 1.82) is 0 Å². The van der Waals surface area contributed by atoms with Crippen LogP contribution in [0, 0.1) is 6.92 Å². The monoisotopic (exact) mass is 353 g/mol. The number of hydrogen-bond acceptors (Lipinski definition) is 5. The first-order valence-corrected chi connectivity index (χ1v) is 7.21. The van der Waals surface area contributed by atoms with Crippen LogP contribution < -0.4 is 5.56 Å². The zero-order valence-electron chi connectivity index (χ0n) is 12.3. The Bertz CT molecular complexity index is 762. The van der Waals surface area contributed by atoms with Crippen LogP contribution in [0.25, 0.3) is 11.0 Å². The van der Waals surface area contributed by atoms with Gasteiger partial charge in [-0.3, -0.25) is 14.2 Å². The van der Waals surface area contributed by atoms with Crippen LogP contribution >= 0.6 is 15.9 Å². The van der Waals surface area contributed by atoms with Gasteiger partial charge in [0.05, 0.1) is 11.8 Å². The van der Waals surface area contributed by atoms with E-state index in [4.69, 9.17) is 4.74 Å². The predicted molar refractivity (Wildman–Crippen MR) is 82.1 cm³/mol. The molecule has 0 atom stereocenters. The van der Waals surface area contributed by atoms with Crippen molar-refractivity contribution < 1.29 is 9.53 Å². The van der Waals surface area contributed by atoms with Crippen molar-refractivity contribution in [3.8, 4) is 0 Å². The largest absolute Gasteiger partial charge is 0.459 e. The van der Waals surface area contributed by atoms with Gasteiger partial charge in [-0.15, -0.1) is 0 Å². The molecule has 21 heavy (non-hydrogen) atoms. The van der Waals surface area contributed by atoms with Gasteiger partial charge in [0.2, 0.25) is 0 Å². The molecule has 2 aromatic rings. The van der Waals surface area contributed by atoms with E-state index in [1.807, 2.05) is 6.92 Å². The number of aryl methyl sites for hydroxylation is 1. The van der Waals surface area contributed by atoms with E-state index in [2.05, 4.69) is 25.9 Å². The average molecular weight is 354 g/mol. The molecule has 0 bridgehead atoms. The number of carbonyl (C=O) groups excluding carboxylic acids is 1. The molecule has 0 saturated heterocycles. The summed E-state index contributed by atoms with van der Waals surface area (Å²) in [6.45, 7) is 6.99. The Labute approximate surface area is 130 Å². The highest BCUT2D eigenvalue weighted by atomic mass is 79.9. The standard InChI is InChI=1S/C14H16BrN3O3/c1-8-5-9-11(17-12(8)15)13(20)18(7-16-9)6-10(19)21-14(2,3)4/h5,7H,6H2,1-4H3. The van der Waals surface area contributed by atoms with Crippen LogP contribution in [0.4, 0.5) is 0 Å². The molecule has 2 rings (SSSR count). The van der Waals surface area contributed by atoms with Gasteiger partial charge in [-0.1, -0.05) is 0 Å². The summed E-state index contributed by atoms with van der Waals surface area (Å²) < 4.78 is 6.98. The molecule has 0 unspecified atom stereocenters. The molecular weight excluding hydrogens is 338 g/mol. The van der Waals surface area contributed by atoms with E-state index in [1.165, 1.54) is 10.9 Å². The third kappa shape index (κ3) is 3.66. The van der Waals surface area contributed by atoms with Gasteiger partial charge in [-0.2, -0.15) is 0 Å². The number of rotatable bonds is 2. The topological polar surface area (TPSA) is 74.1 Å². The van der Waals surface area contributed by atoms with Gasteiger partial charge in [-0.25, -0.2) is 9.97 Å². The highest BCUT2D eigenvalue weighted by molar-refractivity contribution is 9.10. The van der Waals surface area contributed by atoms with Crippen LogP contribution in [0.3, 0.4) is 0 Å². The maximum absolute atomic E-state index is 12.3. The molecule has 6 nitrogen and oxygen atoms in total. The van der Waals surface area contributed by atoms with Gasteiger partial charge in [0.25, 0.3) is 5.56 Å². The summed E-state index contributed by atoms with van der Waals surface area (Å²) in [6.07, 6.45) is 1.34. The molecule has 0 aliphatic rings. The second-order valence-electron chi connectivity index (χ2n) is 5.73. The highest BCUT2D eigenvalue weighted by Crippen LogP contribution is 2.16. The number of aromatic nitrogens is 3. The van der Waals surface area contributed by atoms with Gasteiger partial charge >= 0.3 is 5.97 Å². The van der Waals surface area contributed by atoms with E-state index >= 15 is 0 Å². The lowest BCUT2D eigenvalue weighted by Crippen LogP contribution is -2.31. The molecule has 0 aromatic carbocycles. The SMILES string of the molecule is Cc1cc2ncn(CC(=O)OC(C)(C)C)c(=O)c2nc1Br. The molecular formula is C14H16BrN3O3. The van der Waals surface area contributed by atoms with Crippen LogP contribution in [-0.4, -0.2) is 26.1 Å². The molecule has 0 spiro atoms. The molecule has 0 amide bonds. The Morgan fingerprint density at radius 1 is 1.43 bits per heavy atom. The van der Waals surface area contributed by atoms with Crippen molar-refractivity contribution in [2.75, 3.05) is 0 Å². The Kier molecular flexibility index (Phi) is 4.13. The van der Waals surface area contributed by atoms with Crippen molar-refractivity contribution in [3.63, 3.8) is 0 Å². The number of nitrogens with zero attached hydrogens (tertiary/aromatic N) is 3. The molecule has 7 heteroatoms. The van der Waals surface area contributed by atoms with E-state index < -0.39 is 11.6 Å². The number of halogens is 1. The Balaban J connectivity index is 2.38. The first-order chi connectivity index (χ1) is 9.67.